The van der Waals surface area contributed by atoms with E-state index in [9.17, 15) is 0 Å². The summed E-state index contributed by atoms with van der Waals surface area (Å²) in [7, 11) is 0.952. The molecule has 0 saturated carbocycles. The second-order valence-corrected chi connectivity index (χ2v) is 9.63. The third-order valence-corrected chi connectivity index (χ3v) is 7.65. The lowest BCUT2D eigenvalue weighted by Gasteiger charge is -2.22. The maximum absolute atomic E-state index is 6.08. The van der Waals surface area contributed by atoms with E-state index in [0.717, 1.165) is 17.2 Å². The highest BCUT2D eigenvalue weighted by Gasteiger charge is 2.28. The van der Waals surface area contributed by atoms with Crippen molar-refractivity contribution in [3.8, 4) is 5.75 Å². The largest absolute Gasteiger partial charge is 0.497 e. The van der Waals surface area contributed by atoms with Crippen LogP contribution in [0.3, 0.4) is 0 Å². The molecule has 0 saturated heterocycles. The molecule has 1 aliphatic heterocycles. The van der Waals surface area contributed by atoms with E-state index >= 15 is 0 Å². The van der Waals surface area contributed by atoms with Crippen molar-refractivity contribution in [1.29, 1.82) is 0 Å². The van der Waals surface area contributed by atoms with E-state index in [1.807, 2.05) is 6.07 Å². The zero-order valence-corrected chi connectivity index (χ0v) is 18.0. The second-order valence-electron chi connectivity index (χ2n) is 7.45. The van der Waals surface area contributed by atoms with Crippen molar-refractivity contribution >= 4 is 29.7 Å². The first kappa shape index (κ1) is 19.7. The van der Waals surface area contributed by atoms with Gasteiger partial charge in [0.05, 0.1) is 13.2 Å². The molecule has 0 aromatic heterocycles. The molecule has 0 unspecified atom stereocenters. The molecule has 4 heteroatoms. The normalized spacial score (nSPS) is 16.0. The van der Waals surface area contributed by atoms with Crippen molar-refractivity contribution in [1.82, 2.24) is 0 Å². The Bertz CT molecular complexity index is 947. The van der Waals surface area contributed by atoms with E-state index in [0.29, 0.717) is 12.5 Å². The van der Waals surface area contributed by atoms with Gasteiger partial charge in [0.2, 0.25) is 5.90 Å². The first-order valence-electron chi connectivity index (χ1n) is 9.96. The van der Waals surface area contributed by atoms with Gasteiger partial charge in [-0.25, -0.2) is 4.99 Å². The average Bonchev–Trinajstić information content (AvgIpc) is 3.26. The first-order valence-corrected chi connectivity index (χ1v) is 11.3. The van der Waals surface area contributed by atoms with Gasteiger partial charge in [-0.3, -0.25) is 0 Å². The molecular weight excluding hydrogens is 377 g/mol. The van der Waals surface area contributed by atoms with Crippen LogP contribution in [0.4, 0.5) is 0 Å². The lowest BCUT2D eigenvalue weighted by atomic mass is 10.1. The van der Waals surface area contributed by atoms with Gasteiger partial charge in [-0.15, -0.1) is 0 Å². The highest BCUT2D eigenvalue weighted by molar-refractivity contribution is 7.80. The van der Waals surface area contributed by atoms with Gasteiger partial charge in [0.15, 0.2) is 0 Å². The van der Waals surface area contributed by atoms with Crippen LogP contribution in [0.1, 0.15) is 19.4 Å². The van der Waals surface area contributed by atoms with E-state index < -0.39 is 7.92 Å². The molecule has 0 spiro atoms. The summed E-state index contributed by atoms with van der Waals surface area (Å²) in [6.07, 6.45) is 0. The Morgan fingerprint density at radius 3 is 2.07 bits per heavy atom. The predicted octanol–water partition coefficient (Wildman–Crippen LogP) is 4.25. The van der Waals surface area contributed by atoms with E-state index in [4.69, 9.17) is 14.5 Å². The summed E-state index contributed by atoms with van der Waals surface area (Å²) in [6.45, 7) is 5.01. The number of nitrogens with zero attached hydrogens (tertiary/aromatic N) is 1. The molecule has 29 heavy (non-hydrogen) atoms. The summed E-state index contributed by atoms with van der Waals surface area (Å²) in [6, 6.07) is 27.9. The number of methoxy groups -OCH3 is 1. The number of aliphatic imine (C=N–C) groups is 1. The molecule has 3 aromatic carbocycles. The molecule has 0 amide bonds. The smallest absolute Gasteiger partial charge is 0.217 e. The van der Waals surface area contributed by atoms with Crippen molar-refractivity contribution in [3.05, 3.63) is 84.4 Å². The Morgan fingerprint density at radius 1 is 0.931 bits per heavy atom. The van der Waals surface area contributed by atoms with Crippen molar-refractivity contribution in [2.45, 2.75) is 19.9 Å². The SMILES string of the molecule is COc1ccc(P(c2ccccc2)c2ccccc2)c(C2=N[C@@H](C(C)C)CO2)c1. The van der Waals surface area contributed by atoms with Crippen LogP contribution < -0.4 is 20.7 Å². The fourth-order valence-electron chi connectivity index (χ4n) is 3.47. The maximum Gasteiger partial charge on any atom is 0.217 e. The van der Waals surface area contributed by atoms with Gasteiger partial charge >= 0.3 is 0 Å². The van der Waals surface area contributed by atoms with Crippen molar-refractivity contribution in [2.24, 2.45) is 10.9 Å². The number of ether oxygens (including phenoxy) is 2. The van der Waals surface area contributed by atoms with E-state index in [1.54, 1.807) is 7.11 Å². The fraction of sp³-hybridized carbons (Fsp3) is 0.240. The zero-order chi connectivity index (χ0) is 20.2. The summed E-state index contributed by atoms with van der Waals surface area (Å²) >= 11 is 0. The van der Waals surface area contributed by atoms with Gasteiger partial charge < -0.3 is 9.47 Å². The van der Waals surface area contributed by atoms with Crippen molar-refractivity contribution in [2.75, 3.05) is 13.7 Å². The maximum atomic E-state index is 6.08. The number of hydrogen-bond acceptors (Lipinski definition) is 3. The summed E-state index contributed by atoms with van der Waals surface area (Å²) in [5.74, 6) is 2.00. The van der Waals surface area contributed by atoms with Crippen LogP contribution in [0.2, 0.25) is 0 Å². The van der Waals surface area contributed by atoms with E-state index in [1.165, 1.54) is 15.9 Å². The van der Waals surface area contributed by atoms with Gasteiger partial charge in [0.25, 0.3) is 0 Å². The lowest BCUT2D eigenvalue weighted by Crippen LogP contribution is -2.25. The van der Waals surface area contributed by atoms with Crippen molar-refractivity contribution < 1.29 is 9.47 Å². The Morgan fingerprint density at radius 2 is 1.55 bits per heavy atom. The molecule has 3 nitrogen and oxygen atoms in total. The predicted molar refractivity (Wildman–Crippen MR) is 123 cm³/mol. The highest BCUT2D eigenvalue weighted by atomic mass is 31.1. The Kier molecular flexibility index (Phi) is 5.97. The second kappa shape index (κ2) is 8.80. The molecule has 4 rings (SSSR count). The fourth-order valence-corrected chi connectivity index (χ4v) is 5.89. The first-order chi connectivity index (χ1) is 14.2. The Labute approximate surface area is 174 Å². The topological polar surface area (TPSA) is 30.8 Å². The monoisotopic (exact) mass is 403 g/mol. The molecule has 0 radical (unpaired) electrons. The van der Waals surface area contributed by atoms with E-state index in [2.05, 4.69) is 86.6 Å². The standard InChI is InChI=1S/C25H26NO2P/c1-18(2)23-17-28-25(26-23)22-16-19(27-3)14-15-24(22)29(20-10-6-4-7-11-20)21-12-8-5-9-13-21/h4-16,18,23H,17H2,1-3H3/t23-/m1/s1. The average molecular weight is 403 g/mol. The van der Waals surface area contributed by atoms with Crippen LogP contribution >= 0.6 is 7.92 Å². The molecule has 0 fully saturated rings. The summed E-state index contributed by atoms with van der Waals surface area (Å²) in [5, 5.41) is 3.85. The van der Waals surface area contributed by atoms with Crippen LogP contribution in [0.15, 0.2) is 83.9 Å². The number of hydrogen-bond donors (Lipinski definition) is 0. The van der Waals surface area contributed by atoms with Crippen LogP contribution in [-0.4, -0.2) is 25.7 Å². The minimum atomic E-state index is -0.746. The Balaban J connectivity index is 1.88. The van der Waals surface area contributed by atoms with E-state index in [-0.39, 0.29) is 6.04 Å². The minimum Gasteiger partial charge on any atom is -0.497 e. The van der Waals surface area contributed by atoms with Gasteiger partial charge in [-0.1, -0.05) is 74.5 Å². The summed E-state index contributed by atoms with van der Waals surface area (Å²) in [4.78, 5) is 4.91. The molecular formula is C25H26NO2P. The molecule has 1 atom stereocenters. The molecule has 0 bridgehead atoms. The lowest BCUT2D eigenvalue weighted by molar-refractivity contribution is 0.292. The number of rotatable bonds is 6. The van der Waals surface area contributed by atoms with Crippen LogP contribution in [0.5, 0.6) is 5.75 Å². The molecule has 0 N–H and O–H groups in total. The summed E-state index contributed by atoms with van der Waals surface area (Å²) < 4.78 is 11.6. The molecule has 0 aliphatic carbocycles. The third-order valence-electron chi connectivity index (χ3n) is 5.15. The highest BCUT2D eigenvalue weighted by Crippen LogP contribution is 2.36. The van der Waals surface area contributed by atoms with Gasteiger partial charge in [0.1, 0.15) is 12.4 Å². The summed E-state index contributed by atoms with van der Waals surface area (Å²) in [5.41, 5.74) is 1.03. The molecule has 3 aromatic rings. The van der Waals surface area contributed by atoms with Crippen molar-refractivity contribution in [3.63, 3.8) is 0 Å². The van der Waals surface area contributed by atoms with Gasteiger partial charge in [-0.05, 0) is 48.0 Å². The molecule has 148 valence electrons. The molecule has 1 aliphatic rings. The van der Waals surface area contributed by atoms with Crippen LogP contribution in [0, 0.1) is 5.92 Å². The minimum absolute atomic E-state index is 0.198. The number of benzene rings is 3. The third kappa shape index (κ3) is 4.21. The zero-order valence-electron chi connectivity index (χ0n) is 17.1. The quantitative estimate of drug-likeness (QED) is 0.576. The molecule has 1 heterocycles. The van der Waals surface area contributed by atoms with Gasteiger partial charge in [0, 0.05) is 5.56 Å². The van der Waals surface area contributed by atoms with Crippen LogP contribution in [0.25, 0.3) is 0 Å². The Hall–Kier alpha value is -2.64. The van der Waals surface area contributed by atoms with Crippen LogP contribution in [-0.2, 0) is 4.74 Å². The van der Waals surface area contributed by atoms with Gasteiger partial charge in [-0.2, -0.15) is 0 Å².